The maximum atomic E-state index is 13.1. The van der Waals surface area contributed by atoms with Gasteiger partial charge in [-0.25, -0.2) is 4.39 Å². The van der Waals surface area contributed by atoms with Gasteiger partial charge in [0.2, 0.25) is 0 Å². The van der Waals surface area contributed by atoms with E-state index >= 15 is 0 Å². The van der Waals surface area contributed by atoms with Gasteiger partial charge in [0.15, 0.2) is 0 Å². The average Bonchev–Trinajstić information content (AvgIpc) is 2.34. The highest BCUT2D eigenvalue weighted by Gasteiger charge is 2.13. The Labute approximate surface area is 116 Å². The Kier molecular flexibility index (Phi) is 6.46. The lowest BCUT2D eigenvalue weighted by molar-refractivity contribution is 0.221. The third-order valence-corrected chi connectivity index (χ3v) is 3.63. The van der Waals surface area contributed by atoms with Gasteiger partial charge < -0.3 is 10.6 Å². The fraction of sp³-hybridized carbons (Fsp3) is 0.625. The third kappa shape index (κ3) is 5.70. The molecule has 1 aromatic carbocycles. The molecule has 0 saturated heterocycles. The molecule has 0 radical (unpaired) electrons. The van der Waals surface area contributed by atoms with Gasteiger partial charge in [0.05, 0.1) is 0 Å². The number of benzene rings is 1. The molecule has 0 aliphatic carbocycles. The van der Waals surface area contributed by atoms with Crippen LogP contribution in [0.2, 0.25) is 0 Å². The minimum absolute atomic E-state index is 0.0931. The smallest absolute Gasteiger partial charge is 0.123 e. The third-order valence-electron chi connectivity index (χ3n) is 3.63. The molecule has 0 aromatic heterocycles. The van der Waals surface area contributed by atoms with Crippen LogP contribution in [0.4, 0.5) is 4.39 Å². The molecule has 0 fully saturated rings. The molecular formula is C16H27FN2. The van der Waals surface area contributed by atoms with Crippen LogP contribution in [-0.2, 0) is 0 Å². The van der Waals surface area contributed by atoms with Crippen LogP contribution in [-0.4, -0.2) is 24.5 Å². The first kappa shape index (κ1) is 16.1. The molecule has 0 aliphatic heterocycles. The number of rotatable bonds is 7. The molecule has 0 heterocycles. The van der Waals surface area contributed by atoms with Crippen molar-refractivity contribution in [3.63, 3.8) is 0 Å². The number of hydrogen-bond donors (Lipinski definition) is 1. The predicted octanol–water partition coefficient (Wildman–Crippen LogP) is 3.58. The summed E-state index contributed by atoms with van der Waals surface area (Å²) in [5.41, 5.74) is 7.00. The Hall–Kier alpha value is -0.930. The van der Waals surface area contributed by atoms with E-state index in [0.29, 0.717) is 12.0 Å². The van der Waals surface area contributed by atoms with Crippen LogP contribution < -0.4 is 5.73 Å². The SMILES string of the molecule is CC(C)CC(C)N(C)CCC(N)c1cccc(F)c1. The molecule has 0 spiro atoms. The van der Waals surface area contributed by atoms with Gasteiger partial charge in [0.25, 0.3) is 0 Å². The summed E-state index contributed by atoms with van der Waals surface area (Å²) in [5, 5.41) is 0. The Morgan fingerprint density at radius 1 is 1.26 bits per heavy atom. The highest BCUT2D eigenvalue weighted by Crippen LogP contribution is 2.17. The van der Waals surface area contributed by atoms with E-state index in [-0.39, 0.29) is 11.9 Å². The fourth-order valence-corrected chi connectivity index (χ4v) is 2.33. The van der Waals surface area contributed by atoms with Crippen molar-refractivity contribution in [1.29, 1.82) is 0 Å². The van der Waals surface area contributed by atoms with Gasteiger partial charge in [-0.2, -0.15) is 0 Å². The second-order valence-electron chi connectivity index (χ2n) is 5.91. The Morgan fingerprint density at radius 3 is 2.53 bits per heavy atom. The van der Waals surface area contributed by atoms with E-state index in [2.05, 4.69) is 32.7 Å². The number of nitrogens with two attached hydrogens (primary N) is 1. The summed E-state index contributed by atoms with van der Waals surface area (Å²) < 4.78 is 13.1. The zero-order chi connectivity index (χ0) is 14.4. The normalized spacial score (nSPS) is 14.9. The molecule has 1 aromatic rings. The average molecular weight is 266 g/mol. The van der Waals surface area contributed by atoms with Crippen molar-refractivity contribution in [2.75, 3.05) is 13.6 Å². The van der Waals surface area contributed by atoms with E-state index in [4.69, 9.17) is 5.73 Å². The molecule has 1 rings (SSSR count). The van der Waals surface area contributed by atoms with Gasteiger partial charge in [-0.1, -0.05) is 26.0 Å². The molecule has 0 amide bonds. The van der Waals surface area contributed by atoms with Gasteiger partial charge in [-0.15, -0.1) is 0 Å². The highest BCUT2D eigenvalue weighted by atomic mass is 19.1. The summed E-state index contributed by atoms with van der Waals surface area (Å²) in [6.07, 6.45) is 2.04. The zero-order valence-electron chi connectivity index (χ0n) is 12.6. The zero-order valence-corrected chi connectivity index (χ0v) is 12.6. The lowest BCUT2D eigenvalue weighted by atomic mass is 10.0. The van der Waals surface area contributed by atoms with Crippen molar-refractivity contribution in [2.24, 2.45) is 11.7 Å². The second kappa shape index (κ2) is 7.61. The highest BCUT2D eigenvalue weighted by molar-refractivity contribution is 5.19. The van der Waals surface area contributed by atoms with Gasteiger partial charge in [-0.05, 0) is 57.0 Å². The van der Waals surface area contributed by atoms with Crippen molar-refractivity contribution in [1.82, 2.24) is 4.90 Å². The van der Waals surface area contributed by atoms with Crippen LogP contribution in [0.5, 0.6) is 0 Å². The molecule has 2 unspecified atom stereocenters. The summed E-state index contributed by atoms with van der Waals surface area (Å²) in [5.74, 6) is 0.490. The number of hydrogen-bond acceptors (Lipinski definition) is 2. The van der Waals surface area contributed by atoms with Gasteiger partial charge >= 0.3 is 0 Å². The maximum Gasteiger partial charge on any atom is 0.123 e. The first-order valence-electron chi connectivity index (χ1n) is 7.11. The monoisotopic (exact) mass is 266 g/mol. The van der Waals surface area contributed by atoms with E-state index in [1.54, 1.807) is 6.07 Å². The molecule has 3 heteroatoms. The molecule has 2 N–H and O–H groups in total. The first-order valence-corrected chi connectivity index (χ1v) is 7.11. The lowest BCUT2D eigenvalue weighted by Crippen LogP contribution is -2.32. The van der Waals surface area contributed by atoms with Crippen LogP contribution in [0.25, 0.3) is 0 Å². The van der Waals surface area contributed by atoms with Crippen LogP contribution >= 0.6 is 0 Å². The lowest BCUT2D eigenvalue weighted by Gasteiger charge is -2.27. The van der Waals surface area contributed by atoms with E-state index in [9.17, 15) is 4.39 Å². The molecule has 108 valence electrons. The standard InChI is InChI=1S/C16H27FN2/c1-12(2)10-13(3)19(4)9-8-16(18)14-6-5-7-15(17)11-14/h5-7,11-13,16H,8-10,18H2,1-4H3. The predicted molar refractivity (Wildman–Crippen MR) is 79.5 cm³/mol. The van der Waals surface area contributed by atoms with Crippen LogP contribution in [0.1, 0.15) is 45.2 Å². The van der Waals surface area contributed by atoms with E-state index in [1.807, 2.05) is 6.07 Å². The largest absolute Gasteiger partial charge is 0.324 e. The summed E-state index contributed by atoms with van der Waals surface area (Å²) in [6.45, 7) is 7.66. The topological polar surface area (TPSA) is 29.3 Å². The van der Waals surface area contributed by atoms with Gasteiger partial charge in [0.1, 0.15) is 5.82 Å². The number of halogens is 1. The fourth-order valence-electron chi connectivity index (χ4n) is 2.33. The van der Waals surface area contributed by atoms with Crippen LogP contribution in [0, 0.1) is 11.7 Å². The summed E-state index contributed by atoms with van der Waals surface area (Å²) >= 11 is 0. The molecule has 0 aliphatic rings. The maximum absolute atomic E-state index is 13.1. The van der Waals surface area contributed by atoms with Gasteiger partial charge in [-0.3, -0.25) is 0 Å². The van der Waals surface area contributed by atoms with Crippen molar-refractivity contribution < 1.29 is 4.39 Å². The molecule has 2 atom stereocenters. The summed E-state index contributed by atoms with van der Waals surface area (Å²) in [6, 6.07) is 7.06. The van der Waals surface area contributed by atoms with Crippen molar-refractivity contribution in [2.45, 2.75) is 45.7 Å². The summed E-state index contributed by atoms with van der Waals surface area (Å²) in [4.78, 5) is 2.33. The minimum atomic E-state index is -0.213. The minimum Gasteiger partial charge on any atom is -0.324 e. The second-order valence-corrected chi connectivity index (χ2v) is 5.91. The van der Waals surface area contributed by atoms with E-state index in [0.717, 1.165) is 18.5 Å². The molecule has 0 saturated carbocycles. The molecule has 19 heavy (non-hydrogen) atoms. The quantitative estimate of drug-likeness (QED) is 0.817. The van der Waals surface area contributed by atoms with Crippen molar-refractivity contribution in [3.05, 3.63) is 35.6 Å². The number of nitrogens with zero attached hydrogens (tertiary/aromatic N) is 1. The van der Waals surface area contributed by atoms with Crippen molar-refractivity contribution in [3.8, 4) is 0 Å². The Balaban J connectivity index is 2.43. The molecular weight excluding hydrogens is 239 g/mol. The Morgan fingerprint density at radius 2 is 1.95 bits per heavy atom. The van der Waals surface area contributed by atoms with E-state index < -0.39 is 0 Å². The summed E-state index contributed by atoms with van der Waals surface area (Å²) in [7, 11) is 2.13. The van der Waals surface area contributed by atoms with E-state index in [1.165, 1.54) is 18.6 Å². The van der Waals surface area contributed by atoms with Crippen LogP contribution in [0.15, 0.2) is 24.3 Å². The van der Waals surface area contributed by atoms with Crippen molar-refractivity contribution >= 4 is 0 Å². The molecule has 2 nitrogen and oxygen atoms in total. The first-order chi connectivity index (χ1) is 8.90. The van der Waals surface area contributed by atoms with Crippen LogP contribution in [0.3, 0.4) is 0 Å². The van der Waals surface area contributed by atoms with Gasteiger partial charge in [0, 0.05) is 12.1 Å². The Bertz CT molecular complexity index is 379. The molecule has 0 bridgehead atoms.